The van der Waals surface area contributed by atoms with E-state index in [-0.39, 0.29) is 0 Å². The Morgan fingerprint density at radius 1 is 1.35 bits per heavy atom. The summed E-state index contributed by atoms with van der Waals surface area (Å²) in [5.41, 5.74) is 8.60. The van der Waals surface area contributed by atoms with Gasteiger partial charge in [-0.15, -0.1) is 0 Å². The van der Waals surface area contributed by atoms with E-state index in [0.29, 0.717) is 18.5 Å². The van der Waals surface area contributed by atoms with Crippen molar-refractivity contribution in [1.82, 2.24) is 4.90 Å². The Bertz CT molecular complexity index is 441. The molecule has 1 unspecified atom stereocenters. The smallest absolute Gasteiger partial charge is 0.121 e. The van der Waals surface area contributed by atoms with Crippen molar-refractivity contribution in [3.05, 3.63) is 29.3 Å². The summed E-state index contributed by atoms with van der Waals surface area (Å²) in [5.74, 6) is 1.62. The van der Waals surface area contributed by atoms with Crippen LogP contribution in [0.4, 0.5) is 0 Å². The Morgan fingerprint density at radius 2 is 2.05 bits per heavy atom. The highest BCUT2D eigenvalue weighted by Crippen LogP contribution is 2.35. The fourth-order valence-electron chi connectivity index (χ4n) is 2.93. The topological polar surface area (TPSA) is 38.5 Å². The third kappa shape index (κ3) is 3.53. The minimum Gasteiger partial charge on any atom is -0.496 e. The second kappa shape index (κ2) is 6.59. The molecule has 2 N–H and O–H groups in total. The van der Waals surface area contributed by atoms with E-state index in [9.17, 15) is 0 Å². The molecule has 112 valence electrons. The van der Waals surface area contributed by atoms with Crippen molar-refractivity contribution in [2.75, 3.05) is 20.2 Å². The summed E-state index contributed by atoms with van der Waals surface area (Å²) >= 11 is 0. The molecule has 3 heteroatoms. The van der Waals surface area contributed by atoms with Crippen molar-refractivity contribution in [1.29, 1.82) is 0 Å². The van der Waals surface area contributed by atoms with Crippen LogP contribution in [0.25, 0.3) is 0 Å². The van der Waals surface area contributed by atoms with Crippen LogP contribution in [0.2, 0.25) is 0 Å². The zero-order valence-electron chi connectivity index (χ0n) is 13.2. The summed E-state index contributed by atoms with van der Waals surface area (Å²) in [6, 6.07) is 7.52. The molecule has 0 radical (unpaired) electrons. The molecule has 1 aromatic carbocycles. The third-order valence-corrected chi connectivity index (χ3v) is 4.02. The molecule has 1 aliphatic rings. The van der Waals surface area contributed by atoms with E-state index in [0.717, 1.165) is 18.3 Å². The van der Waals surface area contributed by atoms with Gasteiger partial charge in [0.2, 0.25) is 0 Å². The first-order valence-electron chi connectivity index (χ1n) is 7.67. The molecule has 1 atom stereocenters. The van der Waals surface area contributed by atoms with Crippen molar-refractivity contribution in [3.8, 4) is 5.75 Å². The SMILES string of the molecule is COc1ccc(C(CN)N(CC(C)C)C2CC2)cc1C. The molecule has 0 spiro atoms. The van der Waals surface area contributed by atoms with Gasteiger partial charge in [-0.3, -0.25) is 4.90 Å². The van der Waals surface area contributed by atoms with Gasteiger partial charge in [0.25, 0.3) is 0 Å². The largest absolute Gasteiger partial charge is 0.496 e. The zero-order chi connectivity index (χ0) is 14.7. The monoisotopic (exact) mass is 276 g/mol. The molecule has 0 aromatic heterocycles. The maximum absolute atomic E-state index is 6.09. The van der Waals surface area contributed by atoms with Gasteiger partial charge in [-0.05, 0) is 42.9 Å². The van der Waals surface area contributed by atoms with E-state index in [4.69, 9.17) is 10.5 Å². The number of hydrogen-bond donors (Lipinski definition) is 1. The molecular formula is C17H28N2O. The predicted molar refractivity (Wildman–Crippen MR) is 84.1 cm³/mol. The number of nitrogens with two attached hydrogens (primary N) is 1. The molecule has 20 heavy (non-hydrogen) atoms. The van der Waals surface area contributed by atoms with Gasteiger partial charge in [0.05, 0.1) is 7.11 Å². The Morgan fingerprint density at radius 3 is 2.50 bits per heavy atom. The average molecular weight is 276 g/mol. The van der Waals surface area contributed by atoms with Crippen LogP contribution < -0.4 is 10.5 Å². The number of ether oxygens (including phenoxy) is 1. The van der Waals surface area contributed by atoms with Crippen LogP contribution in [0, 0.1) is 12.8 Å². The van der Waals surface area contributed by atoms with Crippen LogP contribution in [0.3, 0.4) is 0 Å². The van der Waals surface area contributed by atoms with E-state index < -0.39 is 0 Å². The van der Waals surface area contributed by atoms with E-state index >= 15 is 0 Å². The lowest BCUT2D eigenvalue weighted by atomic mass is 10.0. The van der Waals surface area contributed by atoms with Gasteiger partial charge in [0, 0.05) is 25.2 Å². The standard InChI is InChI=1S/C17H28N2O/c1-12(2)11-19(15-6-7-15)16(10-18)14-5-8-17(20-4)13(3)9-14/h5,8-9,12,15-16H,6-7,10-11,18H2,1-4H3. The summed E-state index contributed by atoms with van der Waals surface area (Å²) in [6.45, 7) is 8.46. The van der Waals surface area contributed by atoms with Crippen molar-refractivity contribution in [2.24, 2.45) is 11.7 Å². The number of methoxy groups -OCH3 is 1. The summed E-state index contributed by atoms with van der Waals surface area (Å²) in [5, 5.41) is 0. The van der Waals surface area contributed by atoms with Crippen LogP contribution in [-0.2, 0) is 0 Å². The number of benzene rings is 1. The van der Waals surface area contributed by atoms with Gasteiger partial charge < -0.3 is 10.5 Å². The summed E-state index contributed by atoms with van der Waals surface area (Å²) in [7, 11) is 1.72. The lowest BCUT2D eigenvalue weighted by molar-refractivity contribution is 0.169. The van der Waals surface area contributed by atoms with Crippen molar-refractivity contribution < 1.29 is 4.74 Å². The maximum Gasteiger partial charge on any atom is 0.121 e. The third-order valence-electron chi connectivity index (χ3n) is 4.02. The normalized spacial score (nSPS) is 16.8. The molecule has 0 bridgehead atoms. The Kier molecular flexibility index (Phi) is 5.06. The molecule has 2 rings (SSSR count). The highest BCUT2D eigenvalue weighted by molar-refractivity contribution is 5.37. The van der Waals surface area contributed by atoms with Crippen LogP contribution in [0.1, 0.15) is 43.9 Å². The number of hydrogen-bond acceptors (Lipinski definition) is 3. The second-order valence-electron chi connectivity index (χ2n) is 6.30. The minimum atomic E-state index is 0.328. The van der Waals surface area contributed by atoms with E-state index in [1.165, 1.54) is 24.0 Å². The second-order valence-corrected chi connectivity index (χ2v) is 6.30. The molecule has 1 aliphatic carbocycles. The van der Waals surface area contributed by atoms with Crippen LogP contribution in [0.5, 0.6) is 5.75 Å². The highest BCUT2D eigenvalue weighted by Gasteiger charge is 2.34. The summed E-state index contributed by atoms with van der Waals surface area (Å²) in [4.78, 5) is 2.60. The highest BCUT2D eigenvalue weighted by atomic mass is 16.5. The Labute approximate surface area is 123 Å². The quantitative estimate of drug-likeness (QED) is 0.831. The summed E-state index contributed by atoms with van der Waals surface area (Å²) < 4.78 is 5.35. The van der Waals surface area contributed by atoms with E-state index in [1.54, 1.807) is 7.11 Å². The average Bonchev–Trinajstić information content (AvgIpc) is 3.22. The molecule has 0 heterocycles. The van der Waals surface area contributed by atoms with Crippen LogP contribution >= 0.6 is 0 Å². The summed E-state index contributed by atoms with van der Waals surface area (Å²) in [6.07, 6.45) is 2.64. The zero-order valence-corrected chi connectivity index (χ0v) is 13.2. The minimum absolute atomic E-state index is 0.328. The lowest BCUT2D eigenvalue weighted by Crippen LogP contribution is -2.38. The lowest BCUT2D eigenvalue weighted by Gasteiger charge is -2.33. The molecule has 3 nitrogen and oxygen atoms in total. The molecule has 1 fully saturated rings. The van der Waals surface area contributed by atoms with Gasteiger partial charge in [-0.1, -0.05) is 26.0 Å². The fraction of sp³-hybridized carbons (Fsp3) is 0.647. The Hall–Kier alpha value is -1.06. The first-order chi connectivity index (χ1) is 9.56. The molecule has 0 saturated heterocycles. The predicted octanol–water partition coefficient (Wildman–Crippen LogP) is 3.12. The molecule has 1 aromatic rings. The first-order valence-corrected chi connectivity index (χ1v) is 7.67. The number of aryl methyl sites for hydroxylation is 1. The fourth-order valence-corrected chi connectivity index (χ4v) is 2.93. The van der Waals surface area contributed by atoms with Crippen LogP contribution in [-0.4, -0.2) is 31.1 Å². The van der Waals surface area contributed by atoms with Gasteiger partial charge >= 0.3 is 0 Å². The van der Waals surface area contributed by atoms with E-state index in [1.807, 2.05) is 0 Å². The van der Waals surface area contributed by atoms with Crippen LogP contribution in [0.15, 0.2) is 18.2 Å². The number of nitrogens with zero attached hydrogens (tertiary/aromatic N) is 1. The van der Waals surface area contributed by atoms with Gasteiger partial charge in [0.15, 0.2) is 0 Å². The molecule has 1 saturated carbocycles. The Balaban J connectivity index is 2.23. The first kappa shape index (κ1) is 15.3. The van der Waals surface area contributed by atoms with Gasteiger partial charge in [0.1, 0.15) is 5.75 Å². The molecular weight excluding hydrogens is 248 g/mol. The van der Waals surface area contributed by atoms with Gasteiger partial charge in [-0.25, -0.2) is 0 Å². The van der Waals surface area contributed by atoms with Crippen molar-refractivity contribution in [3.63, 3.8) is 0 Å². The van der Waals surface area contributed by atoms with E-state index in [2.05, 4.69) is 43.9 Å². The van der Waals surface area contributed by atoms with Crippen molar-refractivity contribution >= 4 is 0 Å². The van der Waals surface area contributed by atoms with Crippen molar-refractivity contribution in [2.45, 2.75) is 45.7 Å². The molecule has 0 amide bonds. The molecule has 0 aliphatic heterocycles. The maximum atomic E-state index is 6.09. The van der Waals surface area contributed by atoms with Gasteiger partial charge in [-0.2, -0.15) is 0 Å². The number of rotatable bonds is 7.